The summed E-state index contributed by atoms with van der Waals surface area (Å²) in [6, 6.07) is 5.83. The highest BCUT2D eigenvalue weighted by atomic mass is 16.6. The van der Waals surface area contributed by atoms with Crippen molar-refractivity contribution in [2.75, 3.05) is 6.61 Å². The van der Waals surface area contributed by atoms with E-state index < -0.39 is 10.9 Å². The Morgan fingerprint density at radius 3 is 2.68 bits per heavy atom. The third kappa shape index (κ3) is 2.59. The molecule has 1 N–H and O–H groups in total. The van der Waals surface area contributed by atoms with E-state index in [9.17, 15) is 14.9 Å². The lowest BCUT2D eigenvalue weighted by Gasteiger charge is -2.03. The zero-order chi connectivity index (χ0) is 13.8. The van der Waals surface area contributed by atoms with Crippen molar-refractivity contribution in [2.45, 2.75) is 6.92 Å². The number of carbonyl (C=O) groups excluding carboxylic acids is 1. The van der Waals surface area contributed by atoms with E-state index in [1.807, 2.05) is 0 Å². The molecule has 1 aromatic heterocycles. The van der Waals surface area contributed by atoms with Crippen LogP contribution in [0.4, 0.5) is 5.69 Å². The Morgan fingerprint density at radius 1 is 1.42 bits per heavy atom. The molecule has 0 amide bonds. The van der Waals surface area contributed by atoms with Crippen LogP contribution in [0.1, 0.15) is 17.3 Å². The van der Waals surface area contributed by atoms with Crippen LogP contribution in [0.2, 0.25) is 0 Å². The number of non-ortho nitro benzene ring substituents is 1. The van der Waals surface area contributed by atoms with Crippen LogP contribution in [0.15, 0.2) is 30.5 Å². The van der Waals surface area contributed by atoms with E-state index in [1.165, 1.54) is 18.3 Å². The number of H-pyrrole nitrogens is 1. The third-order valence-corrected chi connectivity index (χ3v) is 2.50. The molecule has 0 unspecified atom stereocenters. The highest BCUT2D eigenvalue weighted by molar-refractivity contribution is 5.95. The van der Waals surface area contributed by atoms with Crippen molar-refractivity contribution in [1.29, 1.82) is 0 Å². The summed E-state index contributed by atoms with van der Waals surface area (Å²) in [5.41, 5.74) is 1.40. The Morgan fingerprint density at radius 2 is 2.11 bits per heavy atom. The standard InChI is InChI=1S/C12H11N3O4/c1-2-19-12(16)10-7-13-14-11(10)8-3-5-9(6-4-8)15(17)18/h3-7H,2H2,1H3,(H,13,14). The monoisotopic (exact) mass is 261 g/mol. The number of hydrogen-bond acceptors (Lipinski definition) is 5. The second kappa shape index (κ2) is 5.30. The molecular formula is C12H11N3O4. The maximum absolute atomic E-state index is 11.7. The first kappa shape index (κ1) is 12.7. The second-order valence-electron chi connectivity index (χ2n) is 3.68. The van der Waals surface area contributed by atoms with Gasteiger partial charge in [-0.15, -0.1) is 0 Å². The molecule has 0 saturated carbocycles. The summed E-state index contributed by atoms with van der Waals surface area (Å²) in [5.74, 6) is -0.482. The highest BCUT2D eigenvalue weighted by Gasteiger charge is 2.16. The fourth-order valence-electron chi connectivity index (χ4n) is 1.62. The molecule has 0 spiro atoms. The molecule has 1 aromatic carbocycles. The fraction of sp³-hybridized carbons (Fsp3) is 0.167. The lowest BCUT2D eigenvalue weighted by molar-refractivity contribution is -0.384. The maximum atomic E-state index is 11.7. The van der Waals surface area contributed by atoms with Crippen LogP contribution >= 0.6 is 0 Å². The van der Waals surface area contributed by atoms with Gasteiger partial charge < -0.3 is 4.74 Å². The van der Waals surface area contributed by atoms with Crippen LogP contribution in [0, 0.1) is 10.1 Å². The van der Waals surface area contributed by atoms with Crippen molar-refractivity contribution in [3.63, 3.8) is 0 Å². The number of ether oxygens (including phenoxy) is 1. The molecule has 0 bridgehead atoms. The maximum Gasteiger partial charge on any atom is 0.341 e. The molecule has 0 atom stereocenters. The van der Waals surface area contributed by atoms with Gasteiger partial charge in [-0.2, -0.15) is 5.10 Å². The summed E-state index contributed by atoms with van der Waals surface area (Å²) in [4.78, 5) is 21.8. The fourth-order valence-corrected chi connectivity index (χ4v) is 1.62. The number of aromatic amines is 1. The number of nitro benzene ring substituents is 1. The molecule has 7 heteroatoms. The quantitative estimate of drug-likeness (QED) is 0.516. The van der Waals surface area contributed by atoms with Gasteiger partial charge in [-0.05, 0) is 19.1 Å². The Kier molecular flexibility index (Phi) is 3.56. The topological polar surface area (TPSA) is 98.1 Å². The largest absolute Gasteiger partial charge is 0.462 e. The molecule has 0 aliphatic carbocycles. The van der Waals surface area contributed by atoms with E-state index in [1.54, 1.807) is 19.1 Å². The van der Waals surface area contributed by atoms with E-state index in [2.05, 4.69) is 10.2 Å². The molecule has 0 aliphatic heterocycles. The number of nitro groups is 1. The second-order valence-corrected chi connectivity index (χ2v) is 3.68. The molecule has 7 nitrogen and oxygen atoms in total. The third-order valence-electron chi connectivity index (χ3n) is 2.50. The van der Waals surface area contributed by atoms with Crippen molar-refractivity contribution >= 4 is 11.7 Å². The van der Waals surface area contributed by atoms with E-state index in [4.69, 9.17) is 4.74 Å². The van der Waals surface area contributed by atoms with Crippen LogP contribution in [0.5, 0.6) is 0 Å². The number of carbonyl (C=O) groups is 1. The summed E-state index contributed by atoms with van der Waals surface area (Å²) in [6.07, 6.45) is 1.37. The number of esters is 1. The van der Waals surface area contributed by atoms with Crippen molar-refractivity contribution in [2.24, 2.45) is 0 Å². The van der Waals surface area contributed by atoms with Gasteiger partial charge in [0, 0.05) is 17.7 Å². The summed E-state index contributed by atoms with van der Waals surface area (Å²) in [7, 11) is 0. The molecule has 2 rings (SSSR count). The zero-order valence-corrected chi connectivity index (χ0v) is 10.1. The smallest absolute Gasteiger partial charge is 0.341 e. The van der Waals surface area contributed by atoms with Crippen LogP contribution in [-0.4, -0.2) is 27.7 Å². The Hall–Kier alpha value is -2.70. The average Bonchev–Trinajstić information content (AvgIpc) is 2.88. The minimum absolute atomic E-state index is 0.0130. The van der Waals surface area contributed by atoms with Gasteiger partial charge in [0.1, 0.15) is 5.56 Å². The van der Waals surface area contributed by atoms with Gasteiger partial charge >= 0.3 is 5.97 Å². The molecule has 2 aromatic rings. The average molecular weight is 261 g/mol. The van der Waals surface area contributed by atoms with E-state index >= 15 is 0 Å². The van der Waals surface area contributed by atoms with Gasteiger partial charge in [0.05, 0.1) is 23.4 Å². The minimum atomic E-state index is -0.483. The van der Waals surface area contributed by atoms with Gasteiger partial charge in [0.15, 0.2) is 0 Å². The van der Waals surface area contributed by atoms with Crippen LogP contribution in [0.3, 0.4) is 0 Å². The molecule has 0 fully saturated rings. The van der Waals surface area contributed by atoms with E-state index in [0.29, 0.717) is 16.8 Å². The lowest BCUT2D eigenvalue weighted by Crippen LogP contribution is -2.04. The van der Waals surface area contributed by atoms with Crippen molar-refractivity contribution in [1.82, 2.24) is 10.2 Å². The van der Waals surface area contributed by atoms with Crippen molar-refractivity contribution in [3.05, 3.63) is 46.1 Å². The first-order valence-corrected chi connectivity index (χ1v) is 5.58. The molecular weight excluding hydrogens is 250 g/mol. The molecule has 0 radical (unpaired) electrons. The van der Waals surface area contributed by atoms with Gasteiger partial charge in [0.25, 0.3) is 5.69 Å². The molecule has 0 saturated heterocycles. The number of nitrogens with one attached hydrogen (secondary N) is 1. The molecule has 1 heterocycles. The number of rotatable bonds is 4. The predicted octanol–water partition coefficient (Wildman–Crippen LogP) is 2.16. The first-order chi connectivity index (χ1) is 9.13. The van der Waals surface area contributed by atoms with Gasteiger partial charge in [-0.1, -0.05) is 0 Å². The summed E-state index contributed by atoms with van der Waals surface area (Å²) in [6.45, 7) is 1.98. The lowest BCUT2D eigenvalue weighted by atomic mass is 10.1. The Bertz CT molecular complexity index is 604. The minimum Gasteiger partial charge on any atom is -0.462 e. The van der Waals surface area contributed by atoms with Gasteiger partial charge in [-0.25, -0.2) is 4.79 Å². The Labute approximate surface area is 108 Å². The first-order valence-electron chi connectivity index (χ1n) is 5.58. The van der Waals surface area contributed by atoms with Crippen molar-refractivity contribution < 1.29 is 14.5 Å². The van der Waals surface area contributed by atoms with Gasteiger partial charge in [0.2, 0.25) is 0 Å². The van der Waals surface area contributed by atoms with E-state index in [0.717, 1.165) is 0 Å². The molecule has 0 aliphatic rings. The summed E-state index contributed by atoms with van der Waals surface area (Å²) in [5, 5.41) is 17.1. The summed E-state index contributed by atoms with van der Waals surface area (Å²) >= 11 is 0. The number of nitrogens with zero attached hydrogens (tertiary/aromatic N) is 2. The van der Waals surface area contributed by atoms with Crippen molar-refractivity contribution in [3.8, 4) is 11.3 Å². The predicted molar refractivity (Wildman–Crippen MR) is 66.6 cm³/mol. The number of benzene rings is 1. The zero-order valence-electron chi connectivity index (χ0n) is 10.1. The van der Waals surface area contributed by atoms with Gasteiger partial charge in [-0.3, -0.25) is 15.2 Å². The van der Waals surface area contributed by atoms with E-state index in [-0.39, 0.29) is 12.3 Å². The number of hydrogen-bond donors (Lipinski definition) is 1. The molecule has 19 heavy (non-hydrogen) atoms. The Balaban J connectivity index is 2.34. The van der Waals surface area contributed by atoms with Crippen LogP contribution in [0.25, 0.3) is 11.3 Å². The SMILES string of the molecule is CCOC(=O)c1cn[nH]c1-c1ccc([N+](=O)[O-])cc1. The van der Waals surface area contributed by atoms with Crippen LogP contribution < -0.4 is 0 Å². The molecule has 98 valence electrons. The normalized spacial score (nSPS) is 10.2. The number of aromatic nitrogens is 2. The highest BCUT2D eigenvalue weighted by Crippen LogP contribution is 2.24. The summed E-state index contributed by atoms with van der Waals surface area (Å²) < 4.78 is 4.90. The van der Waals surface area contributed by atoms with Crippen LogP contribution in [-0.2, 0) is 4.74 Å².